The third kappa shape index (κ3) is 4.66. The van der Waals surface area contributed by atoms with Crippen LogP contribution in [0.2, 0.25) is 0 Å². The summed E-state index contributed by atoms with van der Waals surface area (Å²) in [5.74, 6) is 0.635. The van der Waals surface area contributed by atoms with Crippen molar-refractivity contribution >= 4 is 34.7 Å². The summed E-state index contributed by atoms with van der Waals surface area (Å²) in [6.45, 7) is 6.58. The van der Waals surface area contributed by atoms with E-state index in [1.165, 1.54) is 18.2 Å². The molecule has 0 saturated heterocycles. The lowest BCUT2D eigenvalue weighted by Gasteiger charge is -2.19. The minimum atomic E-state index is -0.0680. The minimum absolute atomic E-state index is 0.0351. The second-order valence-electron chi connectivity index (χ2n) is 8.11. The van der Waals surface area contributed by atoms with Gasteiger partial charge in [-0.1, -0.05) is 45.0 Å². The first-order valence-electron chi connectivity index (χ1n) is 9.20. The van der Waals surface area contributed by atoms with Gasteiger partial charge in [-0.2, -0.15) is 5.10 Å². The quantitative estimate of drug-likeness (QED) is 0.366. The lowest BCUT2D eigenvalue weighted by atomic mass is 9.86. The van der Waals surface area contributed by atoms with Crippen LogP contribution in [0, 0.1) is 9.49 Å². The lowest BCUT2D eigenvalue weighted by Crippen LogP contribution is -2.20. The van der Waals surface area contributed by atoms with Gasteiger partial charge in [0.1, 0.15) is 0 Å². The monoisotopic (exact) mass is 492 g/mol. The number of methoxy groups -OCH3 is 1. The number of carbonyl (C=O) groups is 1. The summed E-state index contributed by atoms with van der Waals surface area (Å²) in [5, 5.41) is 13.9. The molecule has 2 N–H and O–H groups in total. The van der Waals surface area contributed by atoms with Crippen LogP contribution in [-0.4, -0.2) is 24.3 Å². The van der Waals surface area contributed by atoms with Crippen molar-refractivity contribution in [3.8, 4) is 11.5 Å². The van der Waals surface area contributed by atoms with Gasteiger partial charge in [0, 0.05) is 5.92 Å². The maximum Gasteiger partial charge on any atom is 0.243 e. The maximum atomic E-state index is 12.4. The van der Waals surface area contributed by atoms with Gasteiger partial charge in [-0.15, -0.1) is 0 Å². The van der Waals surface area contributed by atoms with Gasteiger partial charge in [-0.05, 0) is 69.2 Å². The molecule has 1 fully saturated rings. The number of hydrazone groups is 1. The highest BCUT2D eigenvalue weighted by Crippen LogP contribution is 2.47. The van der Waals surface area contributed by atoms with Crippen molar-refractivity contribution in [2.45, 2.75) is 38.5 Å². The first-order chi connectivity index (χ1) is 13.2. The molecule has 0 radical (unpaired) electrons. The number of hydrogen-bond acceptors (Lipinski definition) is 4. The summed E-state index contributed by atoms with van der Waals surface area (Å²) < 4.78 is 5.79. The average Bonchev–Trinajstić information content (AvgIpc) is 3.44. The molecule has 0 aromatic heterocycles. The molecule has 5 nitrogen and oxygen atoms in total. The van der Waals surface area contributed by atoms with Crippen LogP contribution in [0.15, 0.2) is 41.5 Å². The summed E-state index contributed by atoms with van der Waals surface area (Å²) in [6, 6.07) is 12.0. The van der Waals surface area contributed by atoms with E-state index in [0.29, 0.717) is 9.32 Å². The third-order valence-electron chi connectivity index (χ3n) is 4.99. The van der Waals surface area contributed by atoms with Gasteiger partial charge in [0.2, 0.25) is 5.91 Å². The number of amides is 1. The van der Waals surface area contributed by atoms with Crippen LogP contribution in [0.1, 0.15) is 49.8 Å². The van der Waals surface area contributed by atoms with Gasteiger partial charge in [-0.3, -0.25) is 4.79 Å². The lowest BCUT2D eigenvalue weighted by molar-refractivity contribution is -0.122. The molecular formula is C22H25IN2O3. The number of benzene rings is 2. The molecule has 3 rings (SSSR count). The predicted molar refractivity (Wildman–Crippen MR) is 119 cm³/mol. The summed E-state index contributed by atoms with van der Waals surface area (Å²) in [6.07, 6.45) is 2.40. The van der Waals surface area contributed by atoms with Crippen molar-refractivity contribution in [1.82, 2.24) is 5.43 Å². The van der Waals surface area contributed by atoms with Crippen molar-refractivity contribution in [3.63, 3.8) is 0 Å². The highest BCUT2D eigenvalue weighted by Gasteiger charge is 2.44. The Morgan fingerprint density at radius 2 is 1.96 bits per heavy atom. The Hall–Kier alpha value is -2.09. The van der Waals surface area contributed by atoms with Crippen molar-refractivity contribution < 1.29 is 14.6 Å². The Morgan fingerprint density at radius 3 is 2.57 bits per heavy atom. The minimum Gasteiger partial charge on any atom is -0.504 e. The molecule has 148 valence electrons. The molecule has 1 aliphatic rings. The molecule has 1 saturated carbocycles. The van der Waals surface area contributed by atoms with Crippen LogP contribution in [0.3, 0.4) is 0 Å². The first kappa shape index (κ1) is 20.6. The molecule has 2 atom stereocenters. The second kappa shape index (κ2) is 8.11. The van der Waals surface area contributed by atoms with Crippen molar-refractivity contribution in [1.29, 1.82) is 0 Å². The van der Waals surface area contributed by atoms with Crippen LogP contribution < -0.4 is 10.2 Å². The number of phenols is 1. The zero-order valence-electron chi connectivity index (χ0n) is 16.5. The molecule has 0 unspecified atom stereocenters. The highest BCUT2D eigenvalue weighted by atomic mass is 127. The van der Waals surface area contributed by atoms with E-state index in [4.69, 9.17) is 4.74 Å². The van der Waals surface area contributed by atoms with Gasteiger partial charge in [0.15, 0.2) is 11.5 Å². The Labute approximate surface area is 179 Å². The van der Waals surface area contributed by atoms with Crippen molar-refractivity contribution in [2.75, 3.05) is 7.11 Å². The largest absolute Gasteiger partial charge is 0.504 e. The van der Waals surface area contributed by atoms with E-state index >= 15 is 0 Å². The fraction of sp³-hybridized carbons (Fsp3) is 0.364. The summed E-state index contributed by atoms with van der Waals surface area (Å²) in [5.41, 5.74) is 5.99. The molecule has 6 heteroatoms. The van der Waals surface area contributed by atoms with E-state index in [2.05, 4.69) is 55.6 Å². The number of hydrogen-bond donors (Lipinski definition) is 2. The van der Waals surface area contributed by atoms with E-state index in [1.807, 2.05) is 22.6 Å². The molecule has 2 aromatic rings. The Balaban J connectivity index is 1.58. The standard InChI is InChI=1S/C22H25IN2O3/c1-22(2,3)15-7-5-14(6-8-15)16-11-17(16)21(27)25-24-12-13-9-18(23)20(26)19(10-13)28-4/h5-10,12,16-17,26H,11H2,1-4H3,(H,25,27)/b24-12+/t16-,17+/m0/s1. The topological polar surface area (TPSA) is 70.9 Å². The zero-order valence-corrected chi connectivity index (χ0v) is 18.6. The van der Waals surface area contributed by atoms with Crippen molar-refractivity contribution in [2.24, 2.45) is 11.0 Å². The number of ether oxygens (including phenoxy) is 1. The van der Waals surface area contributed by atoms with Gasteiger partial charge in [-0.25, -0.2) is 5.43 Å². The molecule has 0 heterocycles. The summed E-state index contributed by atoms with van der Waals surface area (Å²) in [7, 11) is 1.50. The van der Waals surface area contributed by atoms with Crippen LogP contribution in [0.25, 0.3) is 0 Å². The highest BCUT2D eigenvalue weighted by molar-refractivity contribution is 14.1. The van der Waals surface area contributed by atoms with Gasteiger partial charge in [0.05, 0.1) is 16.9 Å². The van der Waals surface area contributed by atoms with Gasteiger partial charge in [0.25, 0.3) is 0 Å². The molecule has 2 aromatic carbocycles. The van der Waals surface area contributed by atoms with Crippen LogP contribution >= 0.6 is 22.6 Å². The molecule has 28 heavy (non-hydrogen) atoms. The molecule has 1 amide bonds. The van der Waals surface area contributed by atoms with Crippen molar-refractivity contribution in [3.05, 3.63) is 56.7 Å². The maximum absolute atomic E-state index is 12.4. The SMILES string of the molecule is COc1cc(/C=N/NC(=O)[C@@H]2C[C@H]2c2ccc(C(C)(C)C)cc2)cc(I)c1O. The Kier molecular flexibility index (Phi) is 5.98. The number of aromatic hydroxyl groups is 1. The Morgan fingerprint density at radius 1 is 1.29 bits per heavy atom. The number of nitrogens with zero attached hydrogens (tertiary/aromatic N) is 1. The number of phenolic OH excluding ortho intramolecular Hbond substituents is 1. The number of carbonyl (C=O) groups excluding carboxylic acids is 1. The first-order valence-corrected chi connectivity index (χ1v) is 10.3. The predicted octanol–water partition coefficient (Wildman–Crippen LogP) is 4.56. The van der Waals surface area contributed by atoms with E-state index in [9.17, 15) is 9.90 Å². The summed E-state index contributed by atoms with van der Waals surface area (Å²) in [4.78, 5) is 12.4. The van der Waals surface area contributed by atoms with Gasteiger partial charge >= 0.3 is 0 Å². The fourth-order valence-corrected chi connectivity index (χ4v) is 3.79. The average molecular weight is 492 g/mol. The van der Waals surface area contributed by atoms with E-state index < -0.39 is 0 Å². The van der Waals surface area contributed by atoms with E-state index in [0.717, 1.165) is 12.0 Å². The fourth-order valence-electron chi connectivity index (χ4n) is 3.16. The van der Waals surface area contributed by atoms with Crippen LogP contribution in [0.4, 0.5) is 0 Å². The normalized spacial score (nSPS) is 18.9. The van der Waals surface area contributed by atoms with E-state index in [-0.39, 0.29) is 28.9 Å². The van der Waals surface area contributed by atoms with E-state index in [1.54, 1.807) is 18.3 Å². The van der Waals surface area contributed by atoms with Gasteiger partial charge < -0.3 is 9.84 Å². The number of halogens is 1. The molecule has 1 aliphatic carbocycles. The Bertz CT molecular complexity index is 901. The molecule has 0 bridgehead atoms. The molecule has 0 spiro atoms. The van der Waals surface area contributed by atoms with Crippen LogP contribution in [-0.2, 0) is 10.2 Å². The molecule has 0 aliphatic heterocycles. The smallest absolute Gasteiger partial charge is 0.243 e. The number of nitrogens with one attached hydrogen (secondary N) is 1. The summed E-state index contributed by atoms with van der Waals surface area (Å²) >= 11 is 2.02. The molecular weight excluding hydrogens is 467 g/mol. The zero-order chi connectivity index (χ0) is 20.5. The van der Waals surface area contributed by atoms with Crippen LogP contribution in [0.5, 0.6) is 11.5 Å². The third-order valence-corrected chi connectivity index (χ3v) is 5.81. The second-order valence-corrected chi connectivity index (χ2v) is 9.27. The number of rotatable bonds is 5.